The zero-order valence-electron chi connectivity index (χ0n) is 19.5. The molecule has 1 aromatic carbocycles. The number of rotatable bonds is 8. The summed E-state index contributed by atoms with van der Waals surface area (Å²) in [5.41, 5.74) is -1.83. The summed E-state index contributed by atoms with van der Waals surface area (Å²) < 4.78 is 57.0. The van der Waals surface area contributed by atoms with Crippen molar-refractivity contribution in [2.24, 2.45) is 7.05 Å². The number of ether oxygens (including phenoxy) is 3. The molecule has 0 aliphatic carbocycles. The maximum absolute atomic E-state index is 13.1. The molecule has 8 nitrogen and oxygen atoms in total. The van der Waals surface area contributed by atoms with Gasteiger partial charge in [-0.15, -0.1) is 0 Å². The molecule has 36 heavy (non-hydrogen) atoms. The zero-order chi connectivity index (χ0) is 26.1. The van der Waals surface area contributed by atoms with Crippen molar-refractivity contribution in [3.05, 3.63) is 76.6 Å². The number of hydrogen-bond acceptors (Lipinski definition) is 7. The molecule has 4 aromatic rings. The molecule has 0 saturated carbocycles. The highest BCUT2D eigenvalue weighted by atomic mass is 35.5. The lowest BCUT2D eigenvalue weighted by Crippen LogP contribution is -2.31. The predicted octanol–water partition coefficient (Wildman–Crippen LogP) is 4.35. The molecule has 0 bridgehead atoms. The van der Waals surface area contributed by atoms with Crippen LogP contribution in [0.25, 0.3) is 10.9 Å². The van der Waals surface area contributed by atoms with Crippen molar-refractivity contribution in [2.45, 2.75) is 11.8 Å². The van der Waals surface area contributed by atoms with E-state index < -0.39 is 17.5 Å². The molecule has 190 valence electrons. The van der Waals surface area contributed by atoms with Gasteiger partial charge >= 0.3 is 6.18 Å². The number of nitrogens with zero attached hydrogens (tertiary/aromatic N) is 4. The Labute approximate surface area is 209 Å². The number of benzene rings is 1. The Balaban J connectivity index is 1.91. The van der Waals surface area contributed by atoms with Crippen molar-refractivity contribution >= 4 is 22.5 Å². The molecule has 0 aliphatic heterocycles. The van der Waals surface area contributed by atoms with Crippen LogP contribution in [0.4, 0.5) is 13.2 Å². The lowest BCUT2D eigenvalue weighted by atomic mass is 9.83. The Hall–Kier alpha value is -3.41. The van der Waals surface area contributed by atoms with Crippen molar-refractivity contribution in [1.29, 1.82) is 0 Å². The largest absolute Gasteiger partial charge is 0.484 e. The number of pyridine rings is 2. The highest BCUT2D eigenvalue weighted by Gasteiger charge is 2.39. The molecule has 1 N–H and O–H groups in total. The van der Waals surface area contributed by atoms with Crippen LogP contribution in [0.3, 0.4) is 0 Å². The second-order valence-corrected chi connectivity index (χ2v) is 8.25. The highest BCUT2D eigenvalue weighted by Crippen LogP contribution is 2.43. The summed E-state index contributed by atoms with van der Waals surface area (Å²) in [5, 5.41) is 12.7. The summed E-state index contributed by atoms with van der Waals surface area (Å²) in [4.78, 5) is 12.0. The van der Waals surface area contributed by atoms with Gasteiger partial charge in [-0.3, -0.25) is 4.98 Å². The van der Waals surface area contributed by atoms with Gasteiger partial charge in [-0.05, 0) is 23.8 Å². The standard InChI is InChI=1S/C24H22ClF3N4O4/c1-32-13-29-12-19(32)23(33,15-5-7-18(30-11-15)24(26,27)28)14-4-6-17-16(10-14)20(25)21(22(31-17)35-3)36-9-8-34-2/h4-7,10-13,33H,8-9H2,1-3H3. The van der Waals surface area contributed by atoms with Crippen molar-refractivity contribution in [1.82, 2.24) is 19.5 Å². The fourth-order valence-electron chi connectivity index (χ4n) is 3.85. The quantitative estimate of drug-likeness (QED) is 0.344. The fourth-order valence-corrected chi connectivity index (χ4v) is 4.13. The van der Waals surface area contributed by atoms with Gasteiger partial charge in [0.15, 0.2) is 5.60 Å². The first kappa shape index (κ1) is 25.7. The minimum Gasteiger partial charge on any atom is -0.484 e. The molecule has 0 saturated heterocycles. The van der Waals surface area contributed by atoms with Crippen molar-refractivity contribution in [2.75, 3.05) is 27.4 Å². The van der Waals surface area contributed by atoms with Gasteiger partial charge in [-0.1, -0.05) is 23.7 Å². The lowest BCUT2D eigenvalue weighted by molar-refractivity contribution is -0.141. The zero-order valence-corrected chi connectivity index (χ0v) is 20.3. The maximum Gasteiger partial charge on any atom is 0.433 e. The van der Waals surface area contributed by atoms with E-state index in [1.807, 2.05) is 0 Å². The van der Waals surface area contributed by atoms with Crippen LogP contribution in [0.5, 0.6) is 11.6 Å². The van der Waals surface area contributed by atoms with Crippen LogP contribution >= 0.6 is 11.6 Å². The molecule has 3 aromatic heterocycles. The highest BCUT2D eigenvalue weighted by molar-refractivity contribution is 6.37. The first-order valence-corrected chi connectivity index (χ1v) is 11.0. The number of aryl methyl sites for hydroxylation is 1. The molecule has 1 atom stereocenters. The van der Waals surface area contributed by atoms with Crippen LogP contribution in [0.15, 0.2) is 49.1 Å². The minimum absolute atomic E-state index is 0.104. The number of aromatic nitrogens is 4. The molecule has 4 rings (SSSR count). The van der Waals surface area contributed by atoms with E-state index in [1.54, 1.807) is 29.8 Å². The smallest absolute Gasteiger partial charge is 0.433 e. The second kappa shape index (κ2) is 9.92. The molecular weight excluding hydrogens is 501 g/mol. The summed E-state index contributed by atoms with van der Waals surface area (Å²) in [6.45, 7) is 0.494. The van der Waals surface area contributed by atoms with Gasteiger partial charge in [0.1, 0.15) is 12.3 Å². The van der Waals surface area contributed by atoms with E-state index in [4.69, 9.17) is 25.8 Å². The molecule has 0 aliphatic rings. The van der Waals surface area contributed by atoms with E-state index in [2.05, 4.69) is 15.0 Å². The molecule has 12 heteroatoms. The first-order valence-electron chi connectivity index (χ1n) is 10.6. The summed E-state index contributed by atoms with van der Waals surface area (Å²) in [7, 11) is 4.62. The average Bonchev–Trinajstić information content (AvgIpc) is 3.30. The molecular formula is C24H22ClF3N4O4. The van der Waals surface area contributed by atoms with Gasteiger partial charge in [-0.25, -0.2) is 9.97 Å². The third kappa shape index (κ3) is 4.57. The average molecular weight is 523 g/mol. The molecule has 0 amide bonds. The van der Waals surface area contributed by atoms with Gasteiger partial charge < -0.3 is 23.9 Å². The van der Waals surface area contributed by atoms with Gasteiger partial charge in [0.25, 0.3) is 5.88 Å². The number of aliphatic hydroxyl groups is 1. The predicted molar refractivity (Wildman–Crippen MR) is 125 cm³/mol. The monoisotopic (exact) mass is 522 g/mol. The van der Waals surface area contributed by atoms with E-state index in [9.17, 15) is 18.3 Å². The SMILES string of the molecule is COCCOc1c(OC)nc2ccc(C(O)(c3ccc(C(F)(F)F)nc3)c3cncn3C)cc2c1Cl. The van der Waals surface area contributed by atoms with Crippen LogP contribution in [-0.2, 0) is 23.6 Å². The van der Waals surface area contributed by atoms with Crippen LogP contribution in [0, 0.1) is 0 Å². The van der Waals surface area contributed by atoms with E-state index in [0.717, 1.165) is 12.3 Å². The van der Waals surface area contributed by atoms with Gasteiger partial charge in [-0.2, -0.15) is 13.2 Å². The molecule has 0 fully saturated rings. The Morgan fingerprint density at radius 1 is 1.06 bits per heavy atom. The van der Waals surface area contributed by atoms with Gasteiger partial charge in [0.2, 0.25) is 5.75 Å². The van der Waals surface area contributed by atoms with Crippen molar-refractivity contribution in [3.8, 4) is 11.6 Å². The number of fused-ring (bicyclic) bond motifs is 1. The third-order valence-electron chi connectivity index (χ3n) is 5.65. The van der Waals surface area contributed by atoms with Crippen molar-refractivity contribution in [3.63, 3.8) is 0 Å². The molecule has 1 unspecified atom stereocenters. The summed E-state index contributed by atoms with van der Waals surface area (Å²) >= 11 is 6.68. The van der Waals surface area contributed by atoms with Crippen LogP contribution in [0.2, 0.25) is 5.02 Å². The second-order valence-electron chi connectivity index (χ2n) is 7.87. The van der Waals surface area contributed by atoms with Gasteiger partial charge in [0, 0.05) is 31.3 Å². The molecule has 3 heterocycles. The topological polar surface area (TPSA) is 91.5 Å². The maximum atomic E-state index is 13.1. The Morgan fingerprint density at radius 2 is 1.81 bits per heavy atom. The summed E-state index contributed by atoms with van der Waals surface area (Å²) in [5.74, 6) is 0.367. The number of imidazole rings is 1. The van der Waals surface area contributed by atoms with Gasteiger partial charge in [0.05, 0.1) is 42.5 Å². The number of hydrogen-bond donors (Lipinski definition) is 1. The minimum atomic E-state index is -4.62. The lowest BCUT2D eigenvalue weighted by Gasteiger charge is -2.30. The fraction of sp³-hybridized carbons (Fsp3) is 0.292. The Bertz CT molecular complexity index is 1380. The van der Waals surface area contributed by atoms with E-state index in [-0.39, 0.29) is 28.8 Å². The Kier molecular flexibility index (Phi) is 7.07. The van der Waals surface area contributed by atoms with E-state index in [1.165, 1.54) is 32.8 Å². The number of methoxy groups -OCH3 is 2. The summed E-state index contributed by atoms with van der Waals surface area (Å²) in [6.07, 6.45) is -0.730. The molecule has 0 radical (unpaired) electrons. The van der Waals surface area contributed by atoms with E-state index >= 15 is 0 Å². The van der Waals surface area contributed by atoms with Crippen LogP contribution in [0.1, 0.15) is 22.5 Å². The third-order valence-corrected chi connectivity index (χ3v) is 6.03. The first-order chi connectivity index (χ1) is 17.1. The van der Waals surface area contributed by atoms with E-state index in [0.29, 0.717) is 28.8 Å². The van der Waals surface area contributed by atoms with Crippen LogP contribution < -0.4 is 9.47 Å². The Morgan fingerprint density at radius 3 is 2.39 bits per heavy atom. The number of alkyl halides is 3. The normalized spacial score (nSPS) is 13.6. The number of halogens is 4. The van der Waals surface area contributed by atoms with Crippen LogP contribution in [-0.4, -0.2) is 52.1 Å². The summed E-state index contributed by atoms with van der Waals surface area (Å²) in [6, 6.07) is 6.81. The van der Waals surface area contributed by atoms with Crippen molar-refractivity contribution < 1.29 is 32.5 Å². The molecule has 0 spiro atoms.